The van der Waals surface area contributed by atoms with Gasteiger partial charge >= 0.3 is 6.09 Å². The second-order valence-electron chi connectivity index (χ2n) is 2.94. The third kappa shape index (κ3) is 3.74. The van der Waals surface area contributed by atoms with Gasteiger partial charge in [-0.25, -0.2) is 9.78 Å². The number of carbonyl (C=O) groups is 1. The molecule has 76 valence electrons. The summed E-state index contributed by atoms with van der Waals surface area (Å²) < 4.78 is 5.74. The van der Waals surface area contributed by atoms with Crippen LogP contribution in [0.5, 0.6) is 0 Å². The van der Waals surface area contributed by atoms with Crippen LogP contribution in [-0.2, 0) is 4.74 Å². The van der Waals surface area contributed by atoms with Crippen LogP contribution in [0.4, 0.5) is 10.6 Å². The molecule has 14 heavy (non-hydrogen) atoms. The summed E-state index contributed by atoms with van der Waals surface area (Å²) in [4.78, 5) is 15.1. The lowest BCUT2D eigenvalue weighted by atomic mass is 10.4. The first kappa shape index (κ1) is 11.0. The number of ether oxygens (including phenoxy) is 1. The van der Waals surface area contributed by atoms with Gasteiger partial charge in [-0.3, -0.25) is 5.32 Å². The Balaban J connectivity index is 2.52. The number of anilines is 1. The highest BCUT2D eigenvalue weighted by atomic mass is 79.9. The number of amides is 1. The molecule has 0 saturated heterocycles. The van der Waals surface area contributed by atoms with Crippen molar-refractivity contribution >= 4 is 27.8 Å². The highest BCUT2D eigenvalue weighted by Crippen LogP contribution is 2.10. The fraction of sp³-hybridized carbons (Fsp3) is 0.333. The van der Waals surface area contributed by atoms with Crippen molar-refractivity contribution in [2.45, 2.75) is 20.0 Å². The maximum absolute atomic E-state index is 11.1. The number of halogens is 1. The number of pyridine rings is 1. The summed E-state index contributed by atoms with van der Waals surface area (Å²) in [6, 6.07) is 3.48. The van der Waals surface area contributed by atoms with Crippen LogP contribution in [0.1, 0.15) is 13.8 Å². The second kappa shape index (κ2) is 4.95. The van der Waals surface area contributed by atoms with Crippen LogP contribution in [0.25, 0.3) is 0 Å². The van der Waals surface area contributed by atoms with E-state index in [1.807, 2.05) is 0 Å². The molecule has 1 amide bonds. The second-order valence-corrected chi connectivity index (χ2v) is 3.86. The number of hydrogen-bond donors (Lipinski definition) is 1. The van der Waals surface area contributed by atoms with Crippen LogP contribution in [0.15, 0.2) is 22.8 Å². The van der Waals surface area contributed by atoms with Crippen LogP contribution in [0, 0.1) is 0 Å². The Morgan fingerprint density at radius 2 is 2.29 bits per heavy atom. The molecule has 1 aromatic heterocycles. The van der Waals surface area contributed by atoms with Crippen molar-refractivity contribution in [1.29, 1.82) is 0 Å². The van der Waals surface area contributed by atoms with E-state index in [4.69, 9.17) is 4.74 Å². The molecule has 1 heterocycles. The standard InChI is InChI=1S/C9H11BrN2O2/c1-6(2)14-9(13)12-8-4-3-7(10)5-11-8/h3-6H,1-2H3,(H,11,12,13). The molecule has 0 fully saturated rings. The van der Waals surface area contributed by atoms with Gasteiger partial charge in [-0.05, 0) is 41.9 Å². The van der Waals surface area contributed by atoms with Crippen molar-refractivity contribution in [3.63, 3.8) is 0 Å². The maximum Gasteiger partial charge on any atom is 0.413 e. The number of hydrogen-bond acceptors (Lipinski definition) is 3. The molecule has 0 radical (unpaired) electrons. The van der Waals surface area contributed by atoms with Crippen LogP contribution in [0.2, 0.25) is 0 Å². The van der Waals surface area contributed by atoms with Gasteiger partial charge in [0, 0.05) is 10.7 Å². The lowest BCUT2D eigenvalue weighted by Gasteiger charge is -2.08. The Morgan fingerprint density at radius 3 is 2.79 bits per heavy atom. The molecule has 0 aliphatic rings. The van der Waals surface area contributed by atoms with E-state index in [1.54, 1.807) is 32.2 Å². The van der Waals surface area contributed by atoms with E-state index in [0.29, 0.717) is 5.82 Å². The normalized spacial score (nSPS) is 10.0. The minimum absolute atomic E-state index is 0.134. The third-order valence-electron chi connectivity index (χ3n) is 1.30. The Bertz CT molecular complexity index is 311. The first-order chi connectivity index (χ1) is 6.58. The predicted molar refractivity (Wildman–Crippen MR) is 57.2 cm³/mol. The van der Waals surface area contributed by atoms with Gasteiger partial charge in [0.1, 0.15) is 5.82 Å². The minimum Gasteiger partial charge on any atom is -0.447 e. The molecule has 0 atom stereocenters. The van der Waals surface area contributed by atoms with E-state index >= 15 is 0 Å². The van der Waals surface area contributed by atoms with Gasteiger partial charge < -0.3 is 4.74 Å². The molecule has 0 saturated carbocycles. The molecule has 5 heteroatoms. The fourth-order valence-corrected chi connectivity index (χ4v) is 1.03. The number of nitrogens with zero attached hydrogens (tertiary/aromatic N) is 1. The Morgan fingerprint density at radius 1 is 1.57 bits per heavy atom. The van der Waals surface area contributed by atoms with Crippen molar-refractivity contribution in [3.8, 4) is 0 Å². The number of nitrogens with one attached hydrogen (secondary N) is 1. The van der Waals surface area contributed by atoms with Crippen molar-refractivity contribution in [2.24, 2.45) is 0 Å². The average Bonchev–Trinajstić information content (AvgIpc) is 2.07. The van der Waals surface area contributed by atoms with E-state index in [2.05, 4.69) is 26.2 Å². The lowest BCUT2D eigenvalue weighted by Crippen LogP contribution is -2.18. The molecular formula is C9H11BrN2O2. The van der Waals surface area contributed by atoms with Crippen molar-refractivity contribution in [3.05, 3.63) is 22.8 Å². The average molecular weight is 259 g/mol. The summed E-state index contributed by atoms with van der Waals surface area (Å²) in [5.41, 5.74) is 0. The predicted octanol–water partition coefficient (Wildman–Crippen LogP) is 2.80. The molecule has 1 rings (SSSR count). The Kier molecular flexibility index (Phi) is 3.88. The lowest BCUT2D eigenvalue weighted by molar-refractivity contribution is 0.130. The summed E-state index contributed by atoms with van der Waals surface area (Å²) in [6.07, 6.45) is 0.977. The van der Waals surface area contributed by atoms with Gasteiger partial charge in [-0.2, -0.15) is 0 Å². The Hall–Kier alpha value is -1.10. The maximum atomic E-state index is 11.1. The molecule has 1 aromatic rings. The van der Waals surface area contributed by atoms with Crippen LogP contribution in [0.3, 0.4) is 0 Å². The SMILES string of the molecule is CC(C)OC(=O)Nc1ccc(Br)cn1. The quantitative estimate of drug-likeness (QED) is 0.888. The van der Waals surface area contributed by atoms with Gasteiger partial charge in [-0.1, -0.05) is 0 Å². The van der Waals surface area contributed by atoms with E-state index < -0.39 is 6.09 Å². The van der Waals surface area contributed by atoms with Crippen molar-refractivity contribution in [2.75, 3.05) is 5.32 Å². The number of rotatable bonds is 2. The highest BCUT2D eigenvalue weighted by molar-refractivity contribution is 9.10. The summed E-state index contributed by atoms with van der Waals surface area (Å²) >= 11 is 3.25. The number of aromatic nitrogens is 1. The largest absolute Gasteiger partial charge is 0.447 e. The van der Waals surface area contributed by atoms with E-state index in [0.717, 1.165) is 4.47 Å². The summed E-state index contributed by atoms with van der Waals surface area (Å²) in [7, 11) is 0. The highest BCUT2D eigenvalue weighted by Gasteiger charge is 2.05. The summed E-state index contributed by atoms with van der Waals surface area (Å²) in [5.74, 6) is 0.471. The summed E-state index contributed by atoms with van der Waals surface area (Å²) in [6.45, 7) is 3.57. The van der Waals surface area contributed by atoms with Crippen LogP contribution in [-0.4, -0.2) is 17.2 Å². The van der Waals surface area contributed by atoms with Crippen LogP contribution < -0.4 is 5.32 Å². The molecule has 0 bridgehead atoms. The first-order valence-corrected chi connectivity index (χ1v) is 4.96. The van der Waals surface area contributed by atoms with Crippen molar-refractivity contribution in [1.82, 2.24) is 4.98 Å². The zero-order valence-corrected chi connectivity index (χ0v) is 9.54. The van der Waals surface area contributed by atoms with E-state index in [1.165, 1.54) is 0 Å². The monoisotopic (exact) mass is 258 g/mol. The zero-order valence-electron chi connectivity index (χ0n) is 7.95. The fourth-order valence-electron chi connectivity index (χ4n) is 0.798. The molecule has 0 aliphatic heterocycles. The summed E-state index contributed by atoms with van der Waals surface area (Å²) in [5, 5.41) is 2.51. The molecule has 0 spiro atoms. The zero-order chi connectivity index (χ0) is 10.6. The van der Waals surface area contributed by atoms with Gasteiger partial charge in [0.05, 0.1) is 6.10 Å². The molecule has 0 aromatic carbocycles. The first-order valence-electron chi connectivity index (χ1n) is 4.17. The van der Waals surface area contributed by atoms with Gasteiger partial charge in [-0.15, -0.1) is 0 Å². The third-order valence-corrected chi connectivity index (χ3v) is 1.77. The van der Waals surface area contributed by atoms with Gasteiger partial charge in [0.25, 0.3) is 0 Å². The molecular weight excluding hydrogens is 248 g/mol. The smallest absolute Gasteiger partial charge is 0.413 e. The molecule has 1 N–H and O–H groups in total. The minimum atomic E-state index is -0.491. The topological polar surface area (TPSA) is 51.2 Å². The van der Waals surface area contributed by atoms with E-state index in [-0.39, 0.29) is 6.10 Å². The van der Waals surface area contributed by atoms with Crippen molar-refractivity contribution < 1.29 is 9.53 Å². The van der Waals surface area contributed by atoms with Gasteiger partial charge in [0.2, 0.25) is 0 Å². The molecule has 4 nitrogen and oxygen atoms in total. The molecule has 0 unspecified atom stereocenters. The number of carbonyl (C=O) groups excluding carboxylic acids is 1. The van der Waals surface area contributed by atoms with E-state index in [9.17, 15) is 4.79 Å². The Labute approximate surface area is 90.8 Å². The molecule has 0 aliphatic carbocycles. The van der Waals surface area contributed by atoms with Gasteiger partial charge in [0.15, 0.2) is 0 Å². The van der Waals surface area contributed by atoms with Crippen LogP contribution >= 0.6 is 15.9 Å².